The minimum absolute atomic E-state index is 0.333. The third-order valence-corrected chi connectivity index (χ3v) is 3.80. The molecule has 20 heavy (non-hydrogen) atoms. The summed E-state index contributed by atoms with van der Waals surface area (Å²) in [5.41, 5.74) is 1.83. The highest BCUT2D eigenvalue weighted by Gasteiger charge is 2.26. The molecule has 102 valence electrons. The number of hydrogen-bond donors (Lipinski definition) is 1. The second kappa shape index (κ2) is 5.37. The van der Waals surface area contributed by atoms with Gasteiger partial charge in [0.1, 0.15) is 5.76 Å². The highest BCUT2D eigenvalue weighted by Crippen LogP contribution is 2.35. The molecule has 5 heteroatoms. The second-order valence-electron chi connectivity index (χ2n) is 4.45. The number of hydrazine groups is 1. The Morgan fingerprint density at radius 2 is 1.75 bits per heavy atom. The average Bonchev–Trinajstić information content (AvgIpc) is 2.85. The van der Waals surface area contributed by atoms with Crippen LogP contribution in [0.15, 0.2) is 54.7 Å². The van der Waals surface area contributed by atoms with E-state index in [4.69, 9.17) is 33.8 Å². The number of ether oxygens (including phenoxy) is 1. The fraction of sp³-hybridized carbons (Fsp3) is 0.0667. The predicted molar refractivity (Wildman–Crippen MR) is 80.7 cm³/mol. The quantitative estimate of drug-likeness (QED) is 0.845. The van der Waals surface area contributed by atoms with E-state index in [2.05, 4.69) is 0 Å². The molecule has 0 saturated heterocycles. The molecule has 2 aromatic rings. The van der Waals surface area contributed by atoms with Gasteiger partial charge in [-0.1, -0.05) is 53.5 Å². The molecule has 3 rings (SSSR count). The lowest BCUT2D eigenvalue weighted by molar-refractivity contribution is 0.0683. The first-order chi connectivity index (χ1) is 9.65. The summed E-state index contributed by atoms with van der Waals surface area (Å²) in [7, 11) is 0. The Morgan fingerprint density at radius 1 is 1.00 bits per heavy atom. The normalized spacial score (nSPS) is 17.9. The van der Waals surface area contributed by atoms with Crippen molar-refractivity contribution in [2.45, 2.75) is 6.23 Å². The fourth-order valence-corrected chi connectivity index (χ4v) is 2.36. The van der Waals surface area contributed by atoms with E-state index in [1.807, 2.05) is 36.4 Å². The van der Waals surface area contributed by atoms with Gasteiger partial charge in [0.2, 0.25) is 6.23 Å². The fourth-order valence-electron chi connectivity index (χ4n) is 2.06. The van der Waals surface area contributed by atoms with Crippen LogP contribution in [0.3, 0.4) is 0 Å². The SMILES string of the molecule is NN1C=C(c2ccc(Cl)c(Cl)c2)OC1c1ccccc1. The summed E-state index contributed by atoms with van der Waals surface area (Å²) in [6.07, 6.45) is 1.41. The smallest absolute Gasteiger partial charge is 0.211 e. The van der Waals surface area contributed by atoms with E-state index in [1.54, 1.807) is 18.3 Å². The second-order valence-corrected chi connectivity index (χ2v) is 5.26. The van der Waals surface area contributed by atoms with E-state index in [-0.39, 0.29) is 6.23 Å². The third kappa shape index (κ3) is 2.48. The van der Waals surface area contributed by atoms with Crippen LogP contribution < -0.4 is 5.84 Å². The summed E-state index contributed by atoms with van der Waals surface area (Å²) < 4.78 is 5.90. The van der Waals surface area contributed by atoms with E-state index in [0.29, 0.717) is 15.8 Å². The van der Waals surface area contributed by atoms with Crippen molar-refractivity contribution < 1.29 is 4.74 Å². The Bertz CT molecular complexity index is 658. The Hall–Kier alpha value is -1.68. The molecule has 1 aliphatic heterocycles. The van der Waals surface area contributed by atoms with Crippen LogP contribution >= 0.6 is 23.2 Å². The monoisotopic (exact) mass is 306 g/mol. The van der Waals surface area contributed by atoms with E-state index < -0.39 is 0 Å². The zero-order valence-corrected chi connectivity index (χ0v) is 12.0. The van der Waals surface area contributed by atoms with Gasteiger partial charge in [-0.3, -0.25) is 5.01 Å². The van der Waals surface area contributed by atoms with Crippen LogP contribution in [0, 0.1) is 0 Å². The van der Waals surface area contributed by atoms with E-state index in [0.717, 1.165) is 11.1 Å². The zero-order chi connectivity index (χ0) is 14.1. The van der Waals surface area contributed by atoms with Gasteiger partial charge in [0, 0.05) is 11.1 Å². The third-order valence-electron chi connectivity index (χ3n) is 3.06. The molecule has 0 saturated carbocycles. The summed E-state index contributed by atoms with van der Waals surface area (Å²) in [5, 5.41) is 2.53. The topological polar surface area (TPSA) is 38.5 Å². The molecule has 0 aliphatic carbocycles. The Kier molecular flexibility index (Phi) is 3.57. The van der Waals surface area contributed by atoms with Crippen molar-refractivity contribution in [1.29, 1.82) is 0 Å². The summed E-state index contributed by atoms with van der Waals surface area (Å²) in [4.78, 5) is 0. The molecule has 3 nitrogen and oxygen atoms in total. The molecule has 1 atom stereocenters. The van der Waals surface area contributed by atoms with Crippen molar-refractivity contribution >= 4 is 29.0 Å². The predicted octanol–water partition coefficient (Wildman–Crippen LogP) is 4.20. The molecule has 0 aromatic heterocycles. The van der Waals surface area contributed by atoms with Crippen molar-refractivity contribution in [3.05, 3.63) is 75.9 Å². The Morgan fingerprint density at radius 3 is 2.45 bits per heavy atom. The number of hydrogen-bond acceptors (Lipinski definition) is 3. The van der Waals surface area contributed by atoms with E-state index >= 15 is 0 Å². The van der Waals surface area contributed by atoms with Crippen LogP contribution in [0.25, 0.3) is 5.76 Å². The zero-order valence-electron chi connectivity index (χ0n) is 10.5. The number of benzene rings is 2. The average molecular weight is 307 g/mol. The minimum atomic E-state index is -0.333. The first kappa shape index (κ1) is 13.3. The lowest BCUT2D eigenvalue weighted by Gasteiger charge is -2.19. The van der Waals surface area contributed by atoms with Gasteiger partial charge in [0.15, 0.2) is 0 Å². The summed E-state index contributed by atoms with van der Waals surface area (Å²) in [6, 6.07) is 15.1. The minimum Gasteiger partial charge on any atom is -0.463 e. The molecule has 1 aliphatic rings. The van der Waals surface area contributed by atoms with Crippen LogP contribution in [0.1, 0.15) is 17.4 Å². The summed E-state index contributed by atoms with van der Waals surface area (Å²) in [6.45, 7) is 0. The van der Waals surface area contributed by atoms with Gasteiger partial charge >= 0.3 is 0 Å². The molecular formula is C15H12Cl2N2O. The van der Waals surface area contributed by atoms with Crippen molar-refractivity contribution in [3.8, 4) is 0 Å². The molecule has 0 bridgehead atoms. The van der Waals surface area contributed by atoms with Gasteiger partial charge in [-0.25, -0.2) is 5.84 Å². The van der Waals surface area contributed by atoms with Crippen molar-refractivity contribution in [1.82, 2.24) is 5.01 Å². The molecule has 0 radical (unpaired) electrons. The standard InChI is InChI=1S/C15H12Cl2N2O/c16-12-7-6-11(8-13(12)17)14-9-19(18)15(20-14)10-4-2-1-3-5-10/h1-9,15H,18H2. The molecule has 2 aromatic carbocycles. The highest BCUT2D eigenvalue weighted by molar-refractivity contribution is 6.42. The highest BCUT2D eigenvalue weighted by atomic mass is 35.5. The van der Waals surface area contributed by atoms with Gasteiger partial charge in [-0.05, 0) is 18.2 Å². The molecule has 1 heterocycles. The van der Waals surface area contributed by atoms with Crippen LogP contribution in [-0.4, -0.2) is 5.01 Å². The van der Waals surface area contributed by atoms with Crippen molar-refractivity contribution in [2.24, 2.45) is 5.84 Å². The maximum Gasteiger partial charge on any atom is 0.211 e. The number of rotatable bonds is 2. The van der Waals surface area contributed by atoms with Gasteiger partial charge < -0.3 is 4.74 Å². The molecule has 1 unspecified atom stereocenters. The van der Waals surface area contributed by atoms with Crippen LogP contribution in [-0.2, 0) is 4.74 Å². The van der Waals surface area contributed by atoms with Crippen molar-refractivity contribution in [2.75, 3.05) is 0 Å². The first-order valence-electron chi connectivity index (χ1n) is 6.07. The molecule has 0 spiro atoms. The molecule has 2 N–H and O–H groups in total. The van der Waals surface area contributed by atoms with Crippen LogP contribution in [0.4, 0.5) is 0 Å². The summed E-state index contributed by atoms with van der Waals surface area (Å²) >= 11 is 11.9. The van der Waals surface area contributed by atoms with Gasteiger partial charge in [-0.2, -0.15) is 0 Å². The number of nitrogens with zero attached hydrogens (tertiary/aromatic N) is 1. The van der Waals surface area contributed by atoms with Crippen molar-refractivity contribution in [3.63, 3.8) is 0 Å². The molecule has 0 amide bonds. The first-order valence-corrected chi connectivity index (χ1v) is 6.82. The largest absolute Gasteiger partial charge is 0.463 e. The Labute approximate surface area is 127 Å². The summed E-state index contributed by atoms with van der Waals surface area (Å²) in [5.74, 6) is 6.65. The molecular weight excluding hydrogens is 295 g/mol. The maximum absolute atomic E-state index is 6.02. The Balaban J connectivity index is 1.87. The van der Waals surface area contributed by atoms with Gasteiger partial charge in [0.05, 0.1) is 16.2 Å². The van der Waals surface area contributed by atoms with E-state index in [1.165, 1.54) is 5.01 Å². The van der Waals surface area contributed by atoms with Gasteiger partial charge in [0.25, 0.3) is 0 Å². The lowest BCUT2D eigenvalue weighted by atomic mass is 10.2. The molecule has 0 fully saturated rings. The van der Waals surface area contributed by atoms with Gasteiger partial charge in [-0.15, -0.1) is 0 Å². The van der Waals surface area contributed by atoms with Crippen LogP contribution in [0.2, 0.25) is 10.0 Å². The number of nitrogens with two attached hydrogens (primary N) is 1. The number of halogens is 2. The maximum atomic E-state index is 6.02. The van der Waals surface area contributed by atoms with E-state index in [9.17, 15) is 0 Å². The van der Waals surface area contributed by atoms with Crippen LogP contribution in [0.5, 0.6) is 0 Å². The lowest BCUT2D eigenvalue weighted by Crippen LogP contribution is -2.27.